The molecule has 136 valence electrons. The SMILES string of the molecule is N#Cc1ccccc1NC(=O)CCNCCc1ccc(S(N)(=O)=O)cc1. The van der Waals surface area contributed by atoms with Gasteiger partial charge in [-0.2, -0.15) is 5.26 Å². The van der Waals surface area contributed by atoms with Crippen LogP contribution in [0.4, 0.5) is 5.69 Å². The number of carbonyl (C=O) groups excluding carboxylic acids is 1. The molecule has 0 saturated carbocycles. The van der Waals surface area contributed by atoms with Crippen molar-refractivity contribution in [3.05, 3.63) is 59.7 Å². The van der Waals surface area contributed by atoms with Crippen LogP contribution in [0.15, 0.2) is 53.4 Å². The summed E-state index contributed by atoms with van der Waals surface area (Å²) in [6.07, 6.45) is 0.980. The van der Waals surface area contributed by atoms with Crippen LogP contribution in [0.3, 0.4) is 0 Å². The lowest BCUT2D eigenvalue weighted by molar-refractivity contribution is -0.116. The Balaban J connectivity index is 1.70. The molecule has 0 saturated heterocycles. The summed E-state index contributed by atoms with van der Waals surface area (Å²) in [4.78, 5) is 12.0. The van der Waals surface area contributed by atoms with Gasteiger partial charge in [-0.1, -0.05) is 24.3 Å². The molecular weight excluding hydrogens is 352 g/mol. The van der Waals surface area contributed by atoms with Gasteiger partial charge in [-0.15, -0.1) is 0 Å². The molecule has 2 rings (SSSR count). The Kier molecular flexibility index (Phi) is 6.86. The van der Waals surface area contributed by atoms with Crippen LogP contribution >= 0.6 is 0 Å². The summed E-state index contributed by atoms with van der Waals surface area (Å²) in [6.45, 7) is 1.15. The first kappa shape index (κ1) is 19.6. The highest BCUT2D eigenvalue weighted by atomic mass is 32.2. The van der Waals surface area contributed by atoms with E-state index in [0.29, 0.717) is 30.8 Å². The summed E-state index contributed by atoms with van der Waals surface area (Å²) in [5.74, 6) is -0.169. The lowest BCUT2D eigenvalue weighted by Gasteiger charge is -2.08. The quantitative estimate of drug-likeness (QED) is 0.604. The molecule has 0 radical (unpaired) electrons. The van der Waals surface area contributed by atoms with E-state index in [9.17, 15) is 13.2 Å². The number of nitriles is 1. The van der Waals surface area contributed by atoms with E-state index >= 15 is 0 Å². The van der Waals surface area contributed by atoms with Gasteiger partial charge < -0.3 is 10.6 Å². The number of anilines is 1. The van der Waals surface area contributed by atoms with E-state index in [2.05, 4.69) is 10.6 Å². The largest absolute Gasteiger partial charge is 0.325 e. The van der Waals surface area contributed by atoms with E-state index in [4.69, 9.17) is 10.4 Å². The minimum absolute atomic E-state index is 0.0866. The van der Waals surface area contributed by atoms with Crippen molar-refractivity contribution in [2.45, 2.75) is 17.7 Å². The number of nitrogens with two attached hydrogens (primary N) is 1. The van der Waals surface area contributed by atoms with Gasteiger partial charge in [-0.05, 0) is 42.8 Å². The van der Waals surface area contributed by atoms with Gasteiger partial charge in [0.2, 0.25) is 15.9 Å². The Morgan fingerprint density at radius 2 is 1.77 bits per heavy atom. The maximum atomic E-state index is 11.9. The fourth-order valence-corrected chi connectivity index (χ4v) is 2.82. The smallest absolute Gasteiger partial charge is 0.238 e. The first-order valence-corrected chi connectivity index (χ1v) is 9.56. The average molecular weight is 372 g/mol. The third-order valence-corrected chi connectivity index (χ3v) is 4.62. The molecule has 0 unspecified atom stereocenters. The maximum Gasteiger partial charge on any atom is 0.238 e. The highest BCUT2D eigenvalue weighted by Crippen LogP contribution is 2.13. The lowest BCUT2D eigenvalue weighted by Crippen LogP contribution is -2.23. The molecule has 2 aromatic carbocycles. The molecule has 0 atom stereocenters. The highest BCUT2D eigenvalue weighted by Gasteiger charge is 2.07. The Morgan fingerprint density at radius 1 is 1.08 bits per heavy atom. The van der Waals surface area contributed by atoms with E-state index in [1.807, 2.05) is 6.07 Å². The van der Waals surface area contributed by atoms with Crippen LogP contribution in [0, 0.1) is 11.3 Å². The van der Waals surface area contributed by atoms with Crippen molar-refractivity contribution in [1.29, 1.82) is 5.26 Å². The molecule has 0 heterocycles. The molecule has 0 spiro atoms. The molecular formula is C18H20N4O3S. The number of amides is 1. The molecule has 4 N–H and O–H groups in total. The minimum atomic E-state index is -3.67. The standard InChI is InChI=1S/C18H20N4O3S/c19-13-15-3-1-2-4-17(15)22-18(23)10-12-21-11-9-14-5-7-16(8-6-14)26(20,24)25/h1-8,21H,9-12H2,(H,22,23)(H2,20,24,25). The van der Waals surface area contributed by atoms with Crippen LogP contribution in [-0.4, -0.2) is 27.4 Å². The van der Waals surface area contributed by atoms with Crippen LogP contribution in [0.5, 0.6) is 0 Å². The Bertz CT molecular complexity index is 903. The van der Waals surface area contributed by atoms with Crippen LogP contribution in [0.25, 0.3) is 0 Å². The molecule has 2 aromatic rings. The summed E-state index contributed by atoms with van der Waals surface area (Å²) < 4.78 is 22.4. The van der Waals surface area contributed by atoms with Gasteiger partial charge in [0.25, 0.3) is 0 Å². The zero-order chi connectivity index (χ0) is 19.0. The topological polar surface area (TPSA) is 125 Å². The van der Waals surface area contributed by atoms with Crippen molar-refractivity contribution >= 4 is 21.6 Å². The van der Waals surface area contributed by atoms with Crippen molar-refractivity contribution in [2.75, 3.05) is 18.4 Å². The van der Waals surface area contributed by atoms with Gasteiger partial charge in [0.05, 0.1) is 16.1 Å². The van der Waals surface area contributed by atoms with Gasteiger partial charge in [0.15, 0.2) is 0 Å². The molecule has 0 aromatic heterocycles. The predicted molar refractivity (Wildman–Crippen MR) is 98.8 cm³/mol. The first-order valence-electron chi connectivity index (χ1n) is 8.01. The lowest BCUT2D eigenvalue weighted by atomic mass is 10.1. The summed E-state index contributed by atoms with van der Waals surface area (Å²) in [5.41, 5.74) is 1.91. The molecule has 7 nitrogen and oxygen atoms in total. The Morgan fingerprint density at radius 3 is 2.42 bits per heavy atom. The van der Waals surface area contributed by atoms with E-state index in [1.165, 1.54) is 12.1 Å². The van der Waals surface area contributed by atoms with Gasteiger partial charge in [0, 0.05) is 13.0 Å². The van der Waals surface area contributed by atoms with Crippen LogP contribution in [-0.2, 0) is 21.2 Å². The van der Waals surface area contributed by atoms with Crippen molar-refractivity contribution in [1.82, 2.24) is 5.32 Å². The number of hydrogen-bond donors (Lipinski definition) is 3. The second-order valence-corrected chi connectivity index (χ2v) is 7.21. The molecule has 0 aliphatic rings. The van der Waals surface area contributed by atoms with E-state index in [0.717, 1.165) is 5.56 Å². The molecule has 1 amide bonds. The molecule has 0 bridgehead atoms. The maximum absolute atomic E-state index is 11.9. The number of benzene rings is 2. The third-order valence-electron chi connectivity index (χ3n) is 3.69. The minimum Gasteiger partial charge on any atom is -0.325 e. The second-order valence-electron chi connectivity index (χ2n) is 5.64. The number of nitrogens with zero attached hydrogens (tertiary/aromatic N) is 1. The monoisotopic (exact) mass is 372 g/mol. The van der Waals surface area contributed by atoms with Crippen molar-refractivity contribution in [3.8, 4) is 6.07 Å². The molecule has 0 aliphatic heterocycles. The fourth-order valence-electron chi connectivity index (χ4n) is 2.31. The molecule has 26 heavy (non-hydrogen) atoms. The van der Waals surface area contributed by atoms with Crippen molar-refractivity contribution < 1.29 is 13.2 Å². The van der Waals surface area contributed by atoms with Crippen LogP contribution in [0.1, 0.15) is 17.5 Å². The average Bonchev–Trinajstić information content (AvgIpc) is 2.61. The van der Waals surface area contributed by atoms with Crippen molar-refractivity contribution in [2.24, 2.45) is 5.14 Å². The highest BCUT2D eigenvalue weighted by molar-refractivity contribution is 7.89. The van der Waals surface area contributed by atoms with E-state index in [1.54, 1.807) is 36.4 Å². The molecule has 8 heteroatoms. The zero-order valence-electron chi connectivity index (χ0n) is 14.1. The zero-order valence-corrected chi connectivity index (χ0v) is 14.9. The first-order chi connectivity index (χ1) is 12.4. The van der Waals surface area contributed by atoms with Gasteiger partial charge >= 0.3 is 0 Å². The van der Waals surface area contributed by atoms with Crippen molar-refractivity contribution in [3.63, 3.8) is 0 Å². The van der Waals surface area contributed by atoms with E-state index < -0.39 is 10.0 Å². The number of nitrogens with one attached hydrogen (secondary N) is 2. The number of para-hydroxylation sites is 1. The van der Waals surface area contributed by atoms with Crippen LogP contribution < -0.4 is 15.8 Å². The number of primary sulfonamides is 1. The predicted octanol–water partition coefficient (Wildman–Crippen LogP) is 1.37. The molecule has 0 aliphatic carbocycles. The second kappa shape index (κ2) is 9.10. The molecule has 0 fully saturated rings. The fraction of sp³-hybridized carbons (Fsp3) is 0.222. The number of rotatable bonds is 8. The van der Waals surface area contributed by atoms with Crippen LogP contribution in [0.2, 0.25) is 0 Å². The number of carbonyl (C=O) groups is 1. The number of sulfonamides is 1. The Labute approximate surface area is 152 Å². The summed E-state index contributed by atoms with van der Waals surface area (Å²) in [5, 5.41) is 19.9. The summed E-state index contributed by atoms with van der Waals surface area (Å²) in [7, 11) is -3.67. The number of hydrogen-bond acceptors (Lipinski definition) is 5. The normalized spacial score (nSPS) is 10.9. The van der Waals surface area contributed by atoms with E-state index in [-0.39, 0.29) is 17.2 Å². The Hall–Kier alpha value is -2.73. The summed E-state index contributed by atoms with van der Waals surface area (Å²) in [6, 6.07) is 15.3. The third kappa shape index (κ3) is 5.97. The van der Waals surface area contributed by atoms with Gasteiger partial charge in [0.1, 0.15) is 6.07 Å². The van der Waals surface area contributed by atoms with Gasteiger partial charge in [-0.3, -0.25) is 4.79 Å². The summed E-state index contributed by atoms with van der Waals surface area (Å²) >= 11 is 0. The van der Waals surface area contributed by atoms with Gasteiger partial charge in [-0.25, -0.2) is 13.6 Å².